The predicted octanol–water partition coefficient (Wildman–Crippen LogP) is 11.7. The first-order valence-corrected chi connectivity index (χ1v) is 18.6. The minimum Gasteiger partial charge on any atom is -0.340 e. The lowest BCUT2D eigenvalue weighted by Crippen LogP contribution is -2.16. The van der Waals surface area contributed by atoms with Crippen LogP contribution in [0.4, 0.5) is 5.69 Å². The van der Waals surface area contributed by atoms with Crippen molar-refractivity contribution in [2.24, 2.45) is 0 Å². The van der Waals surface area contributed by atoms with E-state index in [9.17, 15) is 0 Å². The van der Waals surface area contributed by atoms with E-state index in [1.54, 1.807) is 0 Å². The second kappa shape index (κ2) is 13.9. The number of rotatable bonds is 11. The number of hydrogen-bond donors (Lipinski definition) is 0. The lowest BCUT2D eigenvalue weighted by Gasteiger charge is -2.22. The summed E-state index contributed by atoms with van der Waals surface area (Å²) >= 11 is 0. The molecule has 244 valence electrons. The van der Waals surface area contributed by atoms with Crippen LogP contribution in [0.2, 0.25) is 0 Å². The lowest BCUT2D eigenvalue weighted by molar-refractivity contribution is -0.436. The van der Waals surface area contributed by atoms with Crippen LogP contribution >= 0.6 is 0 Å². The summed E-state index contributed by atoms with van der Waals surface area (Å²) in [5, 5.41) is 8.15. The van der Waals surface area contributed by atoms with Crippen LogP contribution in [0.15, 0.2) is 133 Å². The van der Waals surface area contributed by atoms with E-state index in [4.69, 9.17) is 0 Å². The predicted molar refractivity (Wildman–Crippen MR) is 211 cm³/mol. The number of aryl methyl sites for hydroxylation is 1. The molecular weight excluding hydrogens is 593 g/mol. The largest absolute Gasteiger partial charge is 0.340 e. The van der Waals surface area contributed by atoms with Gasteiger partial charge >= 0.3 is 0 Å². The van der Waals surface area contributed by atoms with Gasteiger partial charge in [0.2, 0.25) is 11.4 Å². The van der Waals surface area contributed by atoms with Crippen LogP contribution in [0.5, 0.6) is 0 Å². The van der Waals surface area contributed by atoms with Gasteiger partial charge in [-0.1, -0.05) is 130 Å². The summed E-state index contributed by atoms with van der Waals surface area (Å²) in [6, 6.07) is 38.3. The Kier molecular flexibility index (Phi) is 8.87. The summed E-state index contributed by atoms with van der Waals surface area (Å²) in [6.07, 6.45) is 19.1. The van der Waals surface area contributed by atoms with Crippen LogP contribution in [-0.4, -0.2) is 21.4 Å². The zero-order valence-corrected chi connectivity index (χ0v) is 29.1. The molecule has 0 radical (unpaired) electrons. The third-order valence-corrected chi connectivity index (χ3v) is 10.7. The maximum atomic E-state index is 2.58. The highest BCUT2D eigenvalue weighted by Gasteiger charge is 2.30. The SMILES string of the molecule is CCCCCn1/c(=C/C=C2\CCCC(/C=C/C3=[N+](CCCC)c4cccc5cccc3c45)=C2c2ccccc2)c2cccc3cccc1c32. The average Bonchev–Trinajstić information content (AvgIpc) is 3.62. The van der Waals surface area contributed by atoms with Gasteiger partial charge < -0.3 is 4.57 Å². The highest BCUT2D eigenvalue weighted by Crippen LogP contribution is 2.39. The highest BCUT2D eigenvalue weighted by atomic mass is 15.0. The quantitative estimate of drug-likeness (QED) is 0.0984. The van der Waals surface area contributed by atoms with Crippen molar-refractivity contribution in [3.63, 3.8) is 0 Å². The third-order valence-electron chi connectivity index (χ3n) is 10.7. The number of allylic oxidation sites excluding steroid dienone is 6. The Morgan fingerprint density at radius 2 is 1.43 bits per heavy atom. The van der Waals surface area contributed by atoms with E-state index in [0.29, 0.717) is 0 Å². The smallest absolute Gasteiger partial charge is 0.214 e. The van der Waals surface area contributed by atoms with Crippen molar-refractivity contribution in [2.45, 2.75) is 71.8 Å². The van der Waals surface area contributed by atoms with Crippen LogP contribution in [0.3, 0.4) is 0 Å². The normalized spacial score (nSPS) is 16.2. The first-order valence-electron chi connectivity index (χ1n) is 18.6. The monoisotopic (exact) mass is 639 g/mol. The van der Waals surface area contributed by atoms with Crippen LogP contribution in [0.25, 0.3) is 44.1 Å². The molecule has 8 rings (SSSR count). The van der Waals surface area contributed by atoms with Crippen molar-refractivity contribution >= 4 is 55.5 Å². The molecule has 1 aromatic heterocycles. The summed E-state index contributed by atoms with van der Waals surface area (Å²) in [7, 11) is 0. The van der Waals surface area contributed by atoms with Gasteiger partial charge in [0.05, 0.1) is 10.9 Å². The zero-order valence-electron chi connectivity index (χ0n) is 29.1. The standard InChI is InChI=1S/C47H47N2/c1-3-5-10-33-49-42(40-25-13-21-36-23-15-27-44(49)47(36)40)31-29-38-19-11-18-37(45(38)34-16-8-7-9-17-34)28-30-41-39-24-12-20-35-22-14-26-43(46(35)39)48(41)32-6-4-2/h7-9,12-17,20-31H,3-6,10-11,18-19,32-33H2,1-2H3/q+1. The first-order chi connectivity index (χ1) is 24.3. The van der Waals surface area contributed by atoms with Gasteiger partial charge in [0.25, 0.3) is 0 Å². The summed E-state index contributed by atoms with van der Waals surface area (Å²) < 4.78 is 5.15. The Labute approximate surface area is 291 Å². The van der Waals surface area contributed by atoms with E-state index in [-0.39, 0.29) is 0 Å². The molecule has 0 N–H and O–H groups in total. The van der Waals surface area contributed by atoms with Crippen molar-refractivity contribution in [1.29, 1.82) is 0 Å². The van der Waals surface area contributed by atoms with E-state index in [1.165, 1.54) is 109 Å². The average molecular weight is 640 g/mol. The van der Waals surface area contributed by atoms with Crippen molar-refractivity contribution in [2.75, 3.05) is 6.54 Å². The topological polar surface area (TPSA) is 7.94 Å². The zero-order chi connectivity index (χ0) is 33.2. The van der Waals surface area contributed by atoms with Crippen LogP contribution in [0, 0.1) is 0 Å². The summed E-state index contributed by atoms with van der Waals surface area (Å²) in [5.74, 6) is 0. The van der Waals surface area contributed by atoms with E-state index in [2.05, 4.69) is 150 Å². The fraction of sp³-hybridized carbons (Fsp3) is 0.255. The van der Waals surface area contributed by atoms with E-state index < -0.39 is 0 Å². The van der Waals surface area contributed by atoms with Crippen molar-refractivity contribution in [1.82, 2.24) is 4.57 Å². The molecule has 49 heavy (non-hydrogen) atoms. The van der Waals surface area contributed by atoms with Crippen molar-refractivity contribution in [3.05, 3.63) is 149 Å². The molecule has 1 aliphatic heterocycles. The van der Waals surface area contributed by atoms with Gasteiger partial charge in [-0.15, -0.1) is 0 Å². The van der Waals surface area contributed by atoms with Gasteiger partial charge in [-0.2, -0.15) is 4.58 Å². The fourth-order valence-electron chi connectivity index (χ4n) is 8.34. The molecule has 2 heterocycles. The lowest BCUT2D eigenvalue weighted by atomic mass is 9.82. The van der Waals surface area contributed by atoms with Gasteiger partial charge in [0.1, 0.15) is 6.54 Å². The van der Waals surface area contributed by atoms with Gasteiger partial charge in [-0.25, -0.2) is 0 Å². The van der Waals surface area contributed by atoms with Crippen LogP contribution in [-0.2, 0) is 6.54 Å². The Morgan fingerprint density at radius 3 is 2.24 bits per heavy atom. The molecule has 0 atom stereocenters. The number of nitrogens with zero attached hydrogens (tertiary/aromatic N) is 2. The molecule has 0 fully saturated rings. The van der Waals surface area contributed by atoms with Gasteiger partial charge in [0.15, 0.2) is 0 Å². The molecule has 0 saturated carbocycles. The molecule has 0 amide bonds. The molecule has 5 aromatic carbocycles. The maximum Gasteiger partial charge on any atom is 0.214 e. The Bertz CT molecular complexity index is 2330. The Hall–Kier alpha value is -4.95. The first kappa shape index (κ1) is 31.3. The molecule has 0 unspecified atom stereocenters. The van der Waals surface area contributed by atoms with Crippen LogP contribution < -0.4 is 5.35 Å². The number of aromatic nitrogens is 1. The van der Waals surface area contributed by atoms with Gasteiger partial charge in [0, 0.05) is 46.7 Å². The molecule has 2 nitrogen and oxygen atoms in total. The summed E-state index contributed by atoms with van der Waals surface area (Å²) in [5.41, 5.74) is 11.0. The summed E-state index contributed by atoms with van der Waals surface area (Å²) in [6.45, 7) is 6.67. The molecular formula is C47H47N2+. The minimum atomic E-state index is 1.04. The van der Waals surface area contributed by atoms with Gasteiger partial charge in [-0.3, -0.25) is 0 Å². The molecule has 2 aliphatic rings. The van der Waals surface area contributed by atoms with E-state index >= 15 is 0 Å². The van der Waals surface area contributed by atoms with E-state index in [0.717, 1.165) is 32.4 Å². The number of hydrogen-bond acceptors (Lipinski definition) is 0. The maximum absolute atomic E-state index is 2.58. The molecule has 0 spiro atoms. The fourth-order valence-corrected chi connectivity index (χ4v) is 8.34. The third kappa shape index (κ3) is 5.78. The number of benzene rings is 5. The van der Waals surface area contributed by atoms with Crippen LogP contribution in [0.1, 0.15) is 76.3 Å². The Morgan fingerprint density at radius 1 is 0.673 bits per heavy atom. The molecule has 0 saturated heterocycles. The molecule has 2 heteroatoms. The molecule has 1 aliphatic carbocycles. The molecule has 0 bridgehead atoms. The molecule has 6 aromatic rings. The second-order valence-electron chi connectivity index (χ2n) is 13.8. The minimum absolute atomic E-state index is 1.04. The number of unbranched alkanes of at least 4 members (excludes halogenated alkanes) is 3. The summed E-state index contributed by atoms with van der Waals surface area (Å²) in [4.78, 5) is 0. The van der Waals surface area contributed by atoms with E-state index in [1.807, 2.05) is 0 Å². The van der Waals surface area contributed by atoms with Gasteiger partial charge in [-0.05, 0) is 76.9 Å². The Balaban J connectivity index is 1.28. The van der Waals surface area contributed by atoms with Crippen molar-refractivity contribution in [3.8, 4) is 0 Å². The van der Waals surface area contributed by atoms with Crippen molar-refractivity contribution < 1.29 is 4.58 Å². The second-order valence-corrected chi connectivity index (χ2v) is 13.8. The highest BCUT2D eigenvalue weighted by molar-refractivity contribution is 6.19.